The van der Waals surface area contributed by atoms with E-state index in [0.717, 1.165) is 18.7 Å². The highest BCUT2D eigenvalue weighted by atomic mass is 35.5. The molecule has 3 rings (SSSR count). The molecule has 2 bridgehead atoms. The predicted molar refractivity (Wildman–Crippen MR) is 71.0 cm³/mol. The zero-order valence-corrected chi connectivity index (χ0v) is 11.3. The van der Waals surface area contributed by atoms with Gasteiger partial charge in [-0.25, -0.2) is 4.98 Å². The van der Waals surface area contributed by atoms with Crippen molar-refractivity contribution in [1.29, 1.82) is 0 Å². The Morgan fingerprint density at radius 3 is 2.67 bits per heavy atom. The quantitative estimate of drug-likeness (QED) is 0.832. The average Bonchev–Trinajstić information content (AvgIpc) is 2.61. The first-order valence-corrected chi connectivity index (χ1v) is 7.08. The minimum absolute atomic E-state index is 0.0822. The van der Waals surface area contributed by atoms with Gasteiger partial charge in [0.15, 0.2) is 0 Å². The van der Waals surface area contributed by atoms with E-state index in [1.54, 1.807) is 6.20 Å². The first-order chi connectivity index (χ1) is 8.69. The molecule has 1 N–H and O–H groups in total. The Morgan fingerprint density at radius 1 is 1.44 bits per heavy atom. The molecule has 0 spiro atoms. The van der Waals surface area contributed by atoms with Crippen molar-refractivity contribution in [2.45, 2.75) is 49.6 Å². The summed E-state index contributed by atoms with van der Waals surface area (Å²) in [6.07, 6.45) is 6.40. The number of aromatic nitrogens is 2. The molecule has 2 unspecified atom stereocenters. The van der Waals surface area contributed by atoms with Gasteiger partial charge in [0.05, 0.1) is 11.4 Å². The monoisotopic (exact) mass is 267 g/mol. The summed E-state index contributed by atoms with van der Waals surface area (Å²) in [6, 6.07) is 1.32. The second kappa shape index (κ2) is 4.67. The van der Waals surface area contributed by atoms with Gasteiger partial charge in [-0.15, -0.1) is 11.6 Å². The first kappa shape index (κ1) is 12.2. The fourth-order valence-corrected chi connectivity index (χ4v) is 3.56. The molecule has 2 atom stereocenters. The van der Waals surface area contributed by atoms with Crippen molar-refractivity contribution in [2.75, 3.05) is 7.05 Å². The van der Waals surface area contributed by atoms with Crippen molar-refractivity contribution in [3.63, 3.8) is 0 Å². The summed E-state index contributed by atoms with van der Waals surface area (Å²) < 4.78 is 0. The van der Waals surface area contributed by atoms with E-state index >= 15 is 0 Å². The van der Waals surface area contributed by atoms with E-state index in [9.17, 15) is 4.79 Å². The fraction of sp³-hybridized carbons (Fsp3) is 0.692. The van der Waals surface area contributed by atoms with E-state index in [1.165, 1.54) is 12.8 Å². The van der Waals surface area contributed by atoms with Crippen LogP contribution in [0.5, 0.6) is 0 Å². The smallest absolute Gasteiger partial charge is 0.255 e. The van der Waals surface area contributed by atoms with Gasteiger partial charge in [0, 0.05) is 24.2 Å². The molecule has 0 amide bonds. The Hall–Kier alpha value is -0.870. The SMILES string of the molecule is CN1C2CCC1CC(c1ncc(CCl)c(=O)[nH]1)C2. The molecule has 98 valence electrons. The number of hydrogen-bond acceptors (Lipinski definition) is 3. The molecule has 2 fully saturated rings. The number of piperidine rings is 1. The molecule has 0 radical (unpaired) electrons. The van der Waals surface area contributed by atoms with Crippen LogP contribution >= 0.6 is 11.6 Å². The Kier molecular flexibility index (Phi) is 3.16. The number of fused-ring (bicyclic) bond motifs is 2. The zero-order chi connectivity index (χ0) is 12.7. The second-order valence-corrected chi connectivity index (χ2v) is 5.74. The summed E-state index contributed by atoms with van der Waals surface area (Å²) in [7, 11) is 2.21. The third kappa shape index (κ3) is 1.97. The average molecular weight is 268 g/mol. The summed E-state index contributed by atoms with van der Waals surface area (Å²) in [5, 5.41) is 0. The lowest BCUT2D eigenvalue weighted by molar-refractivity contribution is 0.158. The van der Waals surface area contributed by atoms with E-state index < -0.39 is 0 Å². The maximum absolute atomic E-state index is 11.8. The lowest BCUT2D eigenvalue weighted by Crippen LogP contribution is -2.39. The van der Waals surface area contributed by atoms with Gasteiger partial charge in [-0.05, 0) is 32.7 Å². The van der Waals surface area contributed by atoms with Crippen molar-refractivity contribution in [3.05, 3.63) is 27.9 Å². The fourth-order valence-electron chi connectivity index (χ4n) is 3.37. The molecule has 4 nitrogen and oxygen atoms in total. The maximum atomic E-state index is 11.8. The highest BCUT2D eigenvalue weighted by Gasteiger charge is 2.39. The van der Waals surface area contributed by atoms with Crippen LogP contribution in [0.1, 0.15) is 43.0 Å². The molecule has 1 aromatic rings. The van der Waals surface area contributed by atoms with Gasteiger partial charge in [0.25, 0.3) is 5.56 Å². The van der Waals surface area contributed by atoms with Crippen molar-refractivity contribution < 1.29 is 0 Å². The van der Waals surface area contributed by atoms with Gasteiger partial charge in [-0.3, -0.25) is 4.79 Å². The number of aromatic amines is 1. The molecule has 2 saturated heterocycles. The van der Waals surface area contributed by atoms with Crippen molar-refractivity contribution >= 4 is 11.6 Å². The number of nitrogens with one attached hydrogen (secondary N) is 1. The molecular weight excluding hydrogens is 250 g/mol. The highest BCUT2D eigenvalue weighted by Crippen LogP contribution is 2.40. The first-order valence-electron chi connectivity index (χ1n) is 6.55. The molecule has 3 heterocycles. The largest absolute Gasteiger partial charge is 0.310 e. The Morgan fingerprint density at radius 2 is 2.11 bits per heavy atom. The summed E-state index contributed by atoms with van der Waals surface area (Å²) >= 11 is 5.68. The number of rotatable bonds is 2. The number of halogens is 1. The summed E-state index contributed by atoms with van der Waals surface area (Å²) in [4.78, 5) is 21.6. The second-order valence-electron chi connectivity index (χ2n) is 5.48. The van der Waals surface area contributed by atoms with Crippen LogP contribution < -0.4 is 5.56 Å². The van der Waals surface area contributed by atoms with E-state index in [1.807, 2.05) is 0 Å². The van der Waals surface area contributed by atoms with E-state index in [4.69, 9.17) is 11.6 Å². The van der Waals surface area contributed by atoms with Gasteiger partial charge in [0.1, 0.15) is 5.82 Å². The van der Waals surface area contributed by atoms with Gasteiger partial charge in [0.2, 0.25) is 0 Å². The van der Waals surface area contributed by atoms with Crippen LogP contribution in [0.25, 0.3) is 0 Å². The van der Waals surface area contributed by atoms with Crippen LogP contribution in [0.3, 0.4) is 0 Å². The Balaban J connectivity index is 1.84. The molecule has 2 aliphatic rings. The van der Waals surface area contributed by atoms with E-state index in [2.05, 4.69) is 21.9 Å². The highest BCUT2D eigenvalue weighted by molar-refractivity contribution is 6.17. The summed E-state index contributed by atoms with van der Waals surface area (Å²) in [5.74, 6) is 1.47. The topological polar surface area (TPSA) is 49.0 Å². The summed E-state index contributed by atoms with van der Waals surface area (Å²) in [6.45, 7) is 0. The van der Waals surface area contributed by atoms with Crippen molar-refractivity contribution in [1.82, 2.24) is 14.9 Å². The number of nitrogens with zero attached hydrogens (tertiary/aromatic N) is 2. The molecule has 18 heavy (non-hydrogen) atoms. The molecule has 5 heteroatoms. The van der Waals surface area contributed by atoms with Gasteiger partial charge in [-0.1, -0.05) is 0 Å². The van der Waals surface area contributed by atoms with Gasteiger partial charge < -0.3 is 9.88 Å². The zero-order valence-electron chi connectivity index (χ0n) is 10.5. The van der Waals surface area contributed by atoms with Crippen molar-refractivity contribution in [3.8, 4) is 0 Å². The van der Waals surface area contributed by atoms with Crippen LogP contribution in [0.2, 0.25) is 0 Å². The van der Waals surface area contributed by atoms with E-state index in [-0.39, 0.29) is 11.4 Å². The lowest BCUT2D eigenvalue weighted by atomic mass is 9.90. The summed E-state index contributed by atoms with van der Waals surface area (Å²) in [5.41, 5.74) is 0.470. The molecule has 1 aromatic heterocycles. The predicted octanol–water partition coefficient (Wildman–Crippen LogP) is 1.85. The lowest BCUT2D eigenvalue weighted by Gasteiger charge is -2.35. The van der Waals surface area contributed by atoms with Crippen molar-refractivity contribution in [2.24, 2.45) is 0 Å². The minimum atomic E-state index is -0.0822. The molecule has 2 aliphatic heterocycles. The third-order valence-electron chi connectivity index (χ3n) is 4.52. The van der Waals surface area contributed by atoms with Crippen LogP contribution in [-0.4, -0.2) is 34.0 Å². The third-order valence-corrected chi connectivity index (χ3v) is 4.81. The number of hydrogen-bond donors (Lipinski definition) is 1. The minimum Gasteiger partial charge on any atom is -0.310 e. The molecule has 0 saturated carbocycles. The van der Waals surface area contributed by atoms with Crippen LogP contribution in [0.15, 0.2) is 11.0 Å². The molecule has 0 aromatic carbocycles. The van der Waals surface area contributed by atoms with Crippen LogP contribution in [0.4, 0.5) is 0 Å². The molecule has 0 aliphatic carbocycles. The standard InChI is InChI=1S/C13H18ClN3O/c1-17-10-2-3-11(17)5-8(4-10)12-15-7-9(6-14)13(18)16-12/h7-8,10-11H,2-6H2,1H3,(H,15,16,18). The van der Waals surface area contributed by atoms with Crippen LogP contribution in [0, 0.1) is 0 Å². The normalized spacial score (nSPS) is 31.8. The van der Waals surface area contributed by atoms with Gasteiger partial charge >= 0.3 is 0 Å². The molecular formula is C13H18ClN3O. The van der Waals surface area contributed by atoms with E-state index in [0.29, 0.717) is 23.6 Å². The van der Waals surface area contributed by atoms with Gasteiger partial charge in [-0.2, -0.15) is 0 Å². The van der Waals surface area contributed by atoms with Crippen LogP contribution in [-0.2, 0) is 5.88 Å². The number of alkyl halides is 1. The Labute approximate surface area is 111 Å². The Bertz CT molecular complexity index is 487. The maximum Gasteiger partial charge on any atom is 0.255 e. The number of H-pyrrole nitrogens is 1.